The number of hydrogen-bond donors (Lipinski definition) is 1. The number of hydrogen-bond acceptors (Lipinski definition) is 3. The Morgan fingerprint density at radius 2 is 1.83 bits per heavy atom. The zero-order valence-corrected chi connectivity index (χ0v) is 14.1. The van der Waals surface area contributed by atoms with Crippen LogP contribution in [0.15, 0.2) is 59.0 Å². The molecule has 1 aromatic heterocycles. The highest BCUT2D eigenvalue weighted by atomic mass is 35.5. The van der Waals surface area contributed by atoms with Gasteiger partial charge in [0.05, 0.1) is 12.8 Å². The summed E-state index contributed by atoms with van der Waals surface area (Å²) in [4.78, 5) is 12.4. The maximum absolute atomic E-state index is 12.4. The second-order valence-corrected chi connectivity index (χ2v) is 5.77. The van der Waals surface area contributed by atoms with Crippen molar-refractivity contribution in [3.63, 3.8) is 0 Å². The van der Waals surface area contributed by atoms with Gasteiger partial charge in [0.25, 0.3) is 5.91 Å². The SMILES string of the molecule is COc1ccc(C)cc1NC(=O)c1ccc(-c2ccc(Cl)cc2)o1. The van der Waals surface area contributed by atoms with E-state index >= 15 is 0 Å². The first-order chi connectivity index (χ1) is 11.6. The third-order valence-corrected chi connectivity index (χ3v) is 3.81. The standard InChI is InChI=1S/C19H16ClNO3/c1-12-3-8-17(23-2)15(11-12)21-19(22)18-10-9-16(24-18)13-4-6-14(20)7-5-13/h3-11H,1-2H3,(H,21,22). The van der Waals surface area contributed by atoms with E-state index in [2.05, 4.69) is 5.32 Å². The van der Waals surface area contributed by atoms with Crippen molar-refractivity contribution in [2.45, 2.75) is 6.92 Å². The van der Waals surface area contributed by atoms with E-state index in [1.54, 1.807) is 31.4 Å². The van der Waals surface area contributed by atoms with E-state index in [0.29, 0.717) is 22.2 Å². The van der Waals surface area contributed by atoms with Crippen LogP contribution in [0.25, 0.3) is 11.3 Å². The molecule has 24 heavy (non-hydrogen) atoms. The Balaban J connectivity index is 1.81. The molecule has 3 rings (SSSR count). The lowest BCUT2D eigenvalue weighted by Gasteiger charge is -2.10. The predicted molar refractivity (Wildman–Crippen MR) is 94.8 cm³/mol. The van der Waals surface area contributed by atoms with Crippen molar-refractivity contribution in [3.8, 4) is 17.1 Å². The first-order valence-corrected chi connectivity index (χ1v) is 7.76. The summed E-state index contributed by atoms with van der Waals surface area (Å²) in [5.41, 5.74) is 2.48. The second kappa shape index (κ2) is 6.81. The molecular weight excluding hydrogens is 326 g/mol. The first-order valence-electron chi connectivity index (χ1n) is 7.38. The van der Waals surface area contributed by atoms with Gasteiger partial charge in [-0.3, -0.25) is 4.79 Å². The summed E-state index contributed by atoms with van der Waals surface area (Å²) < 4.78 is 10.9. The Labute approximate surface area is 145 Å². The second-order valence-electron chi connectivity index (χ2n) is 5.33. The minimum absolute atomic E-state index is 0.225. The summed E-state index contributed by atoms with van der Waals surface area (Å²) in [6.45, 7) is 1.95. The number of carbonyl (C=O) groups is 1. The van der Waals surface area contributed by atoms with Gasteiger partial charge in [0, 0.05) is 10.6 Å². The van der Waals surface area contributed by atoms with Gasteiger partial charge in [0.1, 0.15) is 11.5 Å². The molecule has 0 aliphatic rings. The number of furan rings is 1. The van der Waals surface area contributed by atoms with Crippen molar-refractivity contribution in [1.29, 1.82) is 0 Å². The van der Waals surface area contributed by atoms with E-state index in [9.17, 15) is 4.79 Å². The lowest BCUT2D eigenvalue weighted by atomic mass is 10.2. The van der Waals surface area contributed by atoms with E-state index in [4.69, 9.17) is 20.8 Å². The smallest absolute Gasteiger partial charge is 0.291 e. The topological polar surface area (TPSA) is 51.5 Å². The Morgan fingerprint density at radius 1 is 1.08 bits per heavy atom. The van der Waals surface area contributed by atoms with Crippen molar-refractivity contribution in [3.05, 3.63) is 70.9 Å². The predicted octanol–water partition coefficient (Wildman–Crippen LogP) is 5.17. The molecule has 0 fully saturated rings. The van der Waals surface area contributed by atoms with E-state index in [0.717, 1.165) is 11.1 Å². The van der Waals surface area contributed by atoms with Crippen molar-refractivity contribution in [2.75, 3.05) is 12.4 Å². The molecule has 5 heteroatoms. The summed E-state index contributed by atoms with van der Waals surface area (Å²) in [6.07, 6.45) is 0. The van der Waals surface area contributed by atoms with Crippen molar-refractivity contribution < 1.29 is 13.9 Å². The van der Waals surface area contributed by atoms with Crippen molar-refractivity contribution in [2.24, 2.45) is 0 Å². The molecule has 4 nitrogen and oxygen atoms in total. The highest BCUT2D eigenvalue weighted by Crippen LogP contribution is 2.27. The molecule has 0 saturated heterocycles. The average Bonchev–Trinajstić information content (AvgIpc) is 3.06. The lowest BCUT2D eigenvalue weighted by molar-refractivity contribution is 0.0997. The molecule has 0 bridgehead atoms. The van der Waals surface area contributed by atoms with Gasteiger partial charge in [-0.25, -0.2) is 0 Å². The fourth-order valence-corrected chi connectivity index (χ4v) is 2.46. The molecule has 0 saturated carbocycles. The Kier molecular flexibility index (Phi) is 4.58. The largest absolute Gasteiger partial charge is 0.495 e. The molecular formula is C19H16ClNO3. The van der Waals surface area contributed by atoms with Gasteiger partial charge in [-0.05, 0) is 61.0 Å². The molecule has 1 amide bonds. The number of halogens is 1. The van der Waals surface area contributed by atoms with Crippen LogP contribution in [0.5, 0.6) is 5.75 Å². The minimum atomic E-state index is -0.334. The highest BCUT2D eigenvalue weighted by molar-refractivity contribution is 6.30. The Morgan fingerprint density at radius 3 is 2.54 bits per heavy atom. The zero-order valence-electron chi connectivity index (χ0n) is 13.3. The van der Waals surface area contributed by atoms with Crippen molar-refractivity contribution >= 4 is 23.2 Å². The number of anilines is 1. The molecule has 0 unspecified atom stereocenters. The molecule has 0 aliphatic carbocycles. The Bertz CT molecular complexity index is 869. The van der Waals surface area contributed by atoms with Gasteiger partial charge < -0.3 is 14.5 Å². The molecule has 3 aromatic rings. The molecule has 0 atom stereocenters. The van der Waals surface area contributed by atoms with E-state index < -0.39 is 0 Å². The number of amides is 1. The number of methoxy groups -OCH3 is 1. The van der Waals surface area contributed by atoms with Crippen molar-refractivity contribution in [1.82, 2.24) is 0 Å². The number of aryl methyl sites for hydroxylation is 1. The number of ether oxygens (including phenoxy) is 1. The maximum atomic E-state index is 12.4. The average molecular weight is 342 g/mol. The maximum Gasteiger partial charge on any atom is 0.291 e. The van der Waals surface area contributed by atoms with Crippen LogP contribution in [-0.2, 0) is 0 Å². The number of nitrogens with one attached hydrogen (secondary N) is 1. The van der Waals surface area contributed by atoms with Crippen LogP contribution in [0.4, 0.5) is 5.69 Å². The van der Waals surface area contributed by atoms with Gasteiger partial charge in [-0.2, -0.15) is 0 Å². The first kappa shape index (κ1) is 16.1. The number of benzene rings is 2. The third-order valence-electron chi connectivity index (χ3n) is 3.56. The summed E-state index contributed by atoms with van der Waals surface area (Å²) in [7, 11) is 1.56. The highest BCUT2D eigenvalue weighted by Gasteiger charge is 2.14. The summed E-state index contributed by atoms with van der Waals surface area (Å²) in [5.74, 6) is 1.09. The fourth-order valence-electron chi connectivity index (χ4n) is 2.33. The molecule has 0 radical (unpaired) electrons. The van der Waals surface area contributed by atoms with Crippen LogP contribution in [0.3, 0.4) is 0 Å². The molecule has 1 N–H and O–H groups in total. The molecule has 122 valence electrons. The zero-order chi connectivity index (χ0) is 17.1. The van der Waals surface area contributed by atoms with Gasteiger partial charge >= 0.3 is 0 Å². The number of carbonyl (C=O) groups excluding carboxylic acids is 1. The summed E-state index contributed by atoms with van der Waals surface area (Å²) in [6, 6.07) is 16.2. The van der Waals surface area contributed by atoms with E-state index in [1.807, 2.05) is 37.3 Å². The van der Waals surface area contributed by atoms with Crippen LogP contribution >= 0.6 is 11.6 Å². The van der Waals surface area contributed by atoms with Crippen LogP contribution < -0.4 is 10.1 Å². The van der Waals surface area contributed by atoms with Gasteiger partial charge in [-0.15, -0.1) is 0 Å². The lowest BCUT2D eigenvalue weighted by Crippen LogP contribution is -2.11. The van der Waals surface area contributed by atoms with Gasteiger partial charge in [-0.1, -0.05) is 17.7 Å². The third kappa shape index (κ3) is 3.44. The quantitative estimate of drug-likeness (QED) is 0.712. The Hall–Kier alpha value is -2.72. The monoisotopic (exact) mass is 341 g/mol. The van der Waals surface area contributed by atoms with Crippen LogP contribution in [0.1, 0.15) is 16.1 Å². The minimum Gasteiger partial charge on any atom is -0.495 e. The normalized spacial score (nSPS) is 10.5. The summed E-state index contributed by atoms with van der Waals surface area (Å²) >= 11 is 5.88. The fraction of sp³-hybridized carbons (Fsp3) is 0.105. The van der Waals surface area contributed by atoms with Crippen LogP contribution in [-0.4, -0.2) is 13.0 Å². The van der Waals surface area contributed by atoms with E-state index in [1.165, 1.54) is 0 Å². The molecule has 2 aromatic carbocycles. The molecule has 0 aliphatic heterocycles. The number of rotatable bonds is 4. The summed E-state index contributed by atoms with van der Waals surface area (Å²) in [5, 5.41) is 3.46. The van der Waals surface area contributed by atoms with Gasteiger partial charge in [0.2, 0.25) is 0 Å². The molecule has 1 heterocycles. The van der Waals surface area contributed by atoms with E-state index in [-0.39, 0.29) is 11.7 Å². The van der Waals surface area contributed by atoms with Gasteiger partial charge in [0.15, 0.2) is 5.76 Å². The van der Waals surface area contributed by atoms with Crippen LogP contribution in [0, 0.1) is 6.92 Å². The molecule has 0 spiro atoms. The van der Waals surface area contributed by atoms with Crippen LogP contribution in [0.2, 0.25) is 5.02 Å².